The van der Waals surface area contributed by atoms with E-state index in [1.54, 1.807) is 30.2 Å². The molecule has 1 aromatic rings. The van der Waals surface area contributed by atoms with Crippen molar-refractivity contribution in [2.75, 3.05) is 27.2 Å². The smallest absolute Gasteiger partial charge is 0.395 e. The number of likely N-dealkylation sites (tertiary alicyclic amines) is 2. The third kappa shape index (κ3) is 4.52. The quantitative estimate of drug-likeness (QED) is 0.686. The van der Waals surface area contributed by atoms with Crippen molar-refractivity contribution in [3.63, 3.8) is 0 Å². The summed E-state index contributed by atoms with van der Waals surface area (Å²) in [6.45, 7) is 1.40. The molecule has 0 N–H and O–H groups in total. The zero-order valence-electron chi connectivity index (χ0n) is 17.9. The topological polar surface area (TPSA) is 32.8 Å². The first-order chi connectivity index (χ1) is 14.8. The van der Waals surface area contributed by atoms with Gasteiger partial charge < -0.3 is 14.5 Å². The Morgan fingerprint density at radius 1 is 1.19 bits per heavy atom. The van der Waals surface area contributed by atoms with Crippen molar-refractivity contribution in [2.24, 2.45) is 11.8 Å². The lowest BCUT2D eigenvalue weighted by molar-refractivity contribution is -0.173. The summed E-state index contributed by atoms with van der Waals surface area (Å²) in [6.07, 6.45) is 2.58. The Balaban J connectivity index is 1.69. The standard InChI is InChI=1S/C24H29F3N2O2/c1-28-12-4-5-18(28)15-29-22-7-3-6-21(24(25,26)27)20(22)13-17(14-23(29)30)16-8-10-19(31-2)11-9-16/h3,6-11,17-18,20-21H,4-5,12-15H2,1-2H3. The van der Waals surface area contributed by atoms with E-state index in [0.717, 1.165) is 24.9 Å². The fourth-order valence-corrected chi connectivity index (χ4v) is 5.22. The number of methoxy groups -OCH3 is 1. The molecule has 1 amide bonds. The second-order valence-electron chi connectivity index (χ2n) is 8.84. The number of rotatable bonds is 4. The average molecular weight is 435 g/mol. The Labute approximate surface area is 181 Å². The zero-order valence-corrected chi connectivity index (χ0v) is 17.9. The molecule has 168 valence electrons. The number of amides is 1. The fraction of sp³-hybridized carbons (Fsp3) is 0.542. The molecule has 2 saturated heterocycles. The molecule has 2 fully saturated rings. The number of benzene rings is 1. The molecule has 4 unspecified atom stereocenters. The van der Waals surface area contributed by atoms with Crippen LogP contribution in [0.15, 0.2) is 48.2 Å². The van der Waals surface area contributed by atoms with Crippen LogP contribution in [0.4, 0.5) is 13.2 Å². The Kier molecular flexibility index (Phi) is 6.15. The number of carbonyl (C=O) groups excluding carboxylic acids is 1. The van der Waals surface area contributed by atoms with E-state index in [9.17, 15) is 18.0 Å². The number of hydrogen-bond donors (Lipinski definition) is 0. The van der Waals surface area contributed by atoms with Crippen LogP contribution in [0.5, 0.6) is 5.75 Å². The number of carbonyl (C=O) groups is 1. The van der Waals surface area contributed by atoms with E-state index < -0.39 is 18.0 Å². The molecule has 0 aromatic heterocycles. The lowest BCUT2D eigenvalue weighted by atomic mass is 9.77. The van der Waals surface area contributed by atoms with E-state index in [0.29, 0.717) is 18.0 Å². The second-order valence-corrected chi connectivity index (χ2v) is 8.84. The third-order valence-electron chi connectivity index (χ3n) is 7.00. The molecule has 2 aliphatic heterocycles. The van der Waals surface area contributed by atoms with E-state index in [4.69, 9.17) is 4.74 Å². The van der Waals surface area contributed by atoms with Crippen molar-refractivity contribution in [1.29, 1.82) is 0 Å². The minimum atomic E-state index is -4.35. The van der Waals surface area contributed by atoms with Gasteiger partial charge in [0, 0.05) is 30.6 Å². The maximum atomic E-state index is 14.0. The summed E-state index contributed by atoms with van der Waals surface area (Å²) in [6, 6.07) is 7.51. The molecule has 0 saturated carbocycles. The Morgan fingerprint density at radius 2 is 1.94 bits per heavy atom. The van der Waals surface area contributed by atoms with E-state index in [1.807, 2.05) is 19.2 Å². The third-order valence-corrected chi connectivity index (χ3v) is 7.00. The van der Waals surface area contributed by atoms with Gasteiger partial charge in [0.05, 0.1) is 13.0 Å². The molecular weight excluding hydrogens is 405 g/mol. The second kappa shape index (κ2) is 8.69. The minimum Gasteiger partial charge on any atom is -0.497 e. The molecule has 0 bridgehead atoms. The van der Waals surface area contributed by atoms with Crippen LogP contribution >= 0.6 is 0 Å². The van der Waals surface area contributed by atoms with Crippen LogP contribution in [-0.4, -0.2) is 55.2 Å². The van der Waals surface area contributed by atoms with Gasteiger partial charge in [-0.25, -0.2) is 0 Å². The van der Waals surface area contributed by atoms with E-state index >= 15 is 0 Å². The lowest BCUT2D eigenvalue weighted by Crippen LogP contribution is -2.44. The molecule has 0 spiro atoms. The number of ether oxygens (including phenoxy) is 1. The molecule has 3 aliphatic rings. The molecule has 31 heavy (non-hydrogen) atoms. The summed E-state index contributed by atoms with van der Waals surface area (Å²) in [4.78, 5) is 17.2. The first-order valence-electron chi connectivity index (χ1n) is 10.9. The van der Waals surface area contributed by atoms with Gasteiger partial charge in [-0.15, -0.1) is 0 Å². The number of fused-ring (bicyclic) bond motifs is 1. The van der Waals surface area contributed by atoms with Crippen LogP contribution in [0.25, 0.3) is 0 Å². The van der Waals surface area contributed by atoms with Crippen LogP contribution in [0.3, 0.4) is 0 Å². The number of hydrogen-bond acceptors (Lipinski definition) is 3. The highest BCUT2D eigenvalue weighted by Gasteiger charge is 2.49. The normalized spacial score (nSPS) is 29.5. The van der Waals surface area contributed by atoms with Crippen LogP contribution in [0, 0.1) is 11.8 Å². The van der Waals surface area contributed by atoms with Gasteiger partial charge >= 0.3 is 6.18 Å². The highest BCUT2D eigenvalue weighted by Crippen LogP contribution is 2.47. The Bertz CT molecular complexity index is 863. The van der Waals surface area contributed by atoms with Crippen molar-refractivity contribution in [1.82, 2.24) is 9.80 Å². The van der Waals surface area contributed by atoms with Gasteiger partial charge in [-0.05, 0) is 62.5 Å². The first kappa shape index (κ1) is 21.9. The van der Waals surface area contributed by atoms with Gasteiger partial charge in [-0.3, -0.25) is 4.79 Å². The van der Waals surface area contributed by atoms with Gasteiger partial charge in [-0.1, -0.05) is 24.3 Å². The molecule has 0 radical (unpaired) electrons. The van der Waals surface area contributed by atoms with Crippen molar-refractivity contribution in [2.45, 2.75) is 43.8 Å². The average Bonchev–Trinajstić information content (AvgIpc) is 3.08. The van der Waals surface area contributed by atoms with Gasteiger partial charge in [0.2, 0.25) is 5.91 Å². The Hall–Kier alpha value is -2.28. The molecule has 1 aliphatic carbocycles. The lowest BCUT2D eigenvalue weighted by Gasteiger charge is -2.37. The molecule has 4 rings (SSSR count). The van der Waals surface area contributed by atoms with Crippen LogP contribution in [-0.2, 0) is 4.79 Å². The van der Waals surface area contributed by atoms with Crippen molar-refractivity contribution >= 4 is 5.91 Å². The first-order valence-corrected chi connectivity index (χ1v) is 10.9. The largest absolute Gasteiger partial charge is 0.497 e. The van der Waals surface area contributed by atoms with Gasteiger partial charge in [-0.2, -0.15) is 13.2 Å². The SMILES string of the molecule is COc1ccc(C2CC(=O)N(CC3CCCN3C)C3=CC=CC(C(F)(F)F)C3C2)cc1. The maximum absolute atomic E-state index is 14.0. The summed E-state index contributed by atoms with van der Waals surface area (Å²) >= 11 is 0. The van der Waals surface area contributed by atoms with Crippen molar-refractivity contribution in [3.8, 4) is 5.75 Å². The number of allylic oxidation sites excluding steroid dienone is 4. The predicted octanol–water partition coefficient (Wildman–Crippen LogP) is 4.74. The summed E-state index contributed by atoms with van der Waals surface area (Å²) < 4.78 is 47.1. The van der Waals surface area contributed by atoms with Gasteiger partial charge in [0.15, 0.2) is 0 Å². The van der Waals surface area contributed by atoms with Crippen LogP contribution in [0.2, 0.25) is 0 Å². The highest BCUT2D eigenvalue weighted by molar-refractivity contribution is 5.80. The maximum Gasteiger partial charge on any atom is 0.395 e. The van der Waals surface area contributed by atoms with E-state index in [2.05, 4.69) is 4.90 Å². The van der Waals surface area contributed by atoms with E-state index in [1.165, 1.54) is 12.2 Å². The fourth-order valence-electron chi connectivity index (χ4n) is 5.22. The number of likely N-dealkylation sites (N-methyl/N-ethyl adjacent to an activating group) is 1. The highest BCUT2D eigenvalue weighted by atomic mass is 19.4. The van der Waals surface area contributed by atoms with Crippen LogP contribution in [0.1, 0.15) is 37.2 Å². The summed E-state index contributed by atoms with van der Waals surface area (Å²) in [7, 11) is 3.59. The van der Waals surface area contributed by atoms with Crippen molar-refractivity contribution < 1.29 is 22.7 Å². The monoisotopic (exact) mass is 434 g/mol. The predicted molar refractivity (Wildman–Crippen MR) is 113 cm³/mol. The summed E-state index contributed by atoms with van der Waals surface area (Å²) in [5.74, 6) is -2.03. The minimum absolute atomic E-state index is 0.0916. The summed E-state index contributed by atoms with van der Waals surface area (Å²) in [5.41, 5.74) is 1.40. The van der Waals surface area contributed by atoms with Crippen LogP contribution < -0.4 is 4.74 Å². The molecule has 1 aromatic carbocycles. The Morgan fingerprint density at radius 3 is 2.55 bits per heavy atom. The van der Waals surface area contributed by atoms with Gasteiger partial charge in [0.25, 0.3) is 0 Å². The van der Waals surface area contributed by atoms with Gasteiger partial charge in [0.1, 0.15) is 5.75 Å². The van der Waals surface area contributed by atoms with Crippen molar-refractivity contribution in [3.05, 3.63) is 53.8 Å². The summed E-state index contributed by atoms with van der Waals surface area (Å²) in [5, 5.41) is 0. The van der Waals surface area contributed by atoms with E-state index in [-0.39, 0.29) is 30.7 Å². The number of alkyl halides is 3. The molecule has 7 heteroatoms. The zero-order chi connectivity index (χ0) is 22.2. The number of halogens is 3. The number of nitrogens with zero attached hydrogens (tertiary/aromatic N) is 2. The molecular formula is C24H29F3N2O2. The molecule has 4 nitrogen and oxygen atoms in total. The molecule has 2 heterocycles. The molecule has 4 atom stereocenters.